The maximum Gasteiger partial charge on any atom is 0.336 e. The van der Waals surface area contributed by atoms with Crippen LogP contribution >= 0.6 is 0 Å². The summed E-state index contributed by atoms with van der Waals surface area (Å²) >= 11 is 0. The minimum absolute atomic E-state index is 0.0477. The van der Waals surface area contributed by atoms with Crippen LogP contribution in [-0.4, -0.2) is 42.1 Å². The predicted molar refractivity (Wildman–Crippen MR) is 114 cm³/mol. The molecule has 160 valence electrons. The van der Waals surface area contributed by atoms with E-state index < -0.39 is 11.7 Å². The molecule has 2 unspecified atom stereocenters. The van der Waals surface area contributed by atoms with Crippen LogP contribution in [0, 0.1) is 5.82 Å². The van der Waals surface area contributed by atoms with Crippen molar-refractivity contribution in [1.82, 2.24) is 10.2 Å². The molecule has 1 amide bonds. The third-order valence-electron chi connectivity index (χ3n) is 6.04. The Hall–Kier alpha value is -3.19. The zero-order valence-electron chi connectivity index (χ0n) is 17.1. The topological polar surface area (TPSA) is 71.8 Å². The molecule has 0 spiro atoms. The summed E-state index contributed by atoms with van der Waals surface area (Å²) in [5.74, 6) is 0.00647. The molecule has 2 bridgehead atoms. The van der Waals surface area contributed by atoms with Crippen molar-refractivity contribution >= 4 is 16.9 Å². The molecular weight excluding hydrogens is 399 g/mol. The molecule has 0 saturated carbocycles. The Morgan fingerprint density at radius 3 is 2.68 bits per heavy atom. The summed E-state index contributed by atoms with van der Waals surface area (Å²) in [5, 5.41) is 4.17. The number of hydrogen-bond acceptors (Lipinski definition) is 5. The van der Waals surface area contributed by atoms with Gasteiger partial charge in [-0.2, -0.15) is 0 Å². The summed E-state index contributed by atoms with van der Waals surface area (Å²) in [5.41, 5.74) is 0.953. The lowest BCUT2D eigenvalue weighted by Gasteiger charge is -2.34. The van der Waals surface area contributed by atoms with E-state index in [-0.39, 0.29) is 11.7 Å². The number of rotatable bonds is 4. The van der Waals surface area contributed by atoms with Crippen molar-refractivity contribution in [2.75, 3.05) is 13.1 Å². The van der Waals surface area contributed by atoms with E-state index >= 15 is 0 Å². The van der Waals surface area contributed by atoms with E-state index in [0.717, 1.165) is 12.8 Å². The molecule has 0 aliphatic carbocycles. The van der Waals surface area contributed by atoms with Crippen LogP contribution in [-0.2, 0) is 4.79 Å². The van der Waals surface area contributed by atoms with Crippen LogP contribution in [0.1, 0.15) is 19.8 Å². The van der Waals surface area contributed by atoms with Crippen molar-refractivity contribution in [3.63, 3.8) is 0 Å². The third-order valence-corrected chi connectivity index (χ3v) is 6.04. The standard InChI is InChI=1S/C24H23FN2O4/c1-14(24(29)27-12-17-5-6-18(13-27)26-17)30-19-7-8-20-21(11-23(28)31-22(20)10-19)15-3-2-4-16(25)9-15/h2-4,7-11,14,17-18,26H,5-6,12-13H2,1H3/t14-,17?,18?/m1/s1. The first-order valence-corrected chi connectivity index (χ1v) is 10.5. The highest BCUT2D eigenvalue weighted by atomic mass is 19.1. The van der Waals surface area contributed by atoms with Crippen molar-refractivity contribution in [2.45, 2.75) is 38.0 Å². The van der Waals surface area contributed by atoms with Crippen molar-refractivity contribution in [3.8, 4) is 16.9 Å². The first-order valence-electron chi connectivity index (χ1n) is 10.5. The van der Waals surface area contributed by atoms with Crippen LogP contribution in [0.25, 0.3) is 22.1 Å². The van der Waals surface area contributed by atoms with Gasteiger partial charge in [0.05, 0.1) is 0 Å². The third kappa shape index (κ3) is 3.93. The summed E-state index contributed by atoms with van der Waals surface area (Å²) in [6.45, 7) is 3.13. The maximum absolute atomic E-state index is 13.7. The summed E-state index contributed by atoms with van der Waals surface area (Å²) in [7, 11) is 0. The molecule has 3 aromatic rings. The van der Waals surface area contributed by atoms with Gasteiger partial charge in [-0.1, -0.05) is 12.1 Å². The molecule has 5 rings (SSSR count). The van der Waals surface area contributed by atoms with Crippen LogP contribution in [0.5, 0.6) is 5.75 Å². The smallest absolute Gasteiger partial charge is 0.336 e. The Morgan fingerprint density at radius 1 is 1.16 bits per heavy atom. The van der Waals surface area contributed by atoms with Crippen LogP contribution in [0.2, 0.25) is 0 Å². The fraction of sp³-hybridized carbons (Fsp3) is 0.333. The predicted octanol–water partition coefficient (Wildman–Crippen LogP) is 3.33. The molecule has 7 heteroatoms. The number of fused-ring (bicyclic) bond motifs is 3. The van der Waals surface area contributed by atoms with Crippen LogP contribution in [0.4, 0.5) is 4.39 Å². The van der Waals surface area contributed by atoms with Gasteiger partial charge in [-0.15, -0.1) is 0 Å². The maximum atomic E-state index is 13.7. The lowest BCUT2D eigenvalue weighted by atomic mass is 10.0. The number of likely N-dealkylation sites (tertiary alicyclic amines) is 1. The zero-order valence-corrected chi connectivity index (χ0v) is 17.1. The first-order chi connectivity index (χ1) is 15.0. The second kappa shape index (κ2) is 7.81. The highest BCUT2D eigenvalue weighted by molar-refractivity contribution is 5.93. The van der Waals surface area contributed by atoms with Gasteiger partial charge in [0.15, 0.2) is 6.10 Å². The second-order valence-corrected chi connectivity index (χ2v) is 8.29. The Bertz CT molecular complexity index is 1200. The van der Waals surface area contributed by atoms with Gasteiger partial charge in [0, 0.05) is 42.7 Å². The summed E-state index contributed by atoms with van der Waals surface area (Å²) in [6.07, 6.45) is 1.54. The van der Waals surface area contributed by atoms with Gasteiger partial charge < -0.3 is 19.4 Å². The quantitative estimate of drug-likeness (QED) is 0.653. The van der Waals surface area contributed by atoms with Crippen LogP contribution in [0.15, 0.2) is 57.7 Å². The molecule has 6 nitrogen and oxygen atoms in total. The van der Waals surface area contributed by atoms with Crippen molar-refractivity contribution in [1.29, 1.82) is 0 Å². The number of carbonyl (C=O) groups is 1. The van der Waals surface area contributed by atoms with Crippen LogP contribution < -0.4 is 15.7 Å². The van der Waals surface area contributed by atoms with Gasteiger partial charge >= 0.3 is 5.63 Å². The van der Waals surface area contributed by atoms with Gasteiger partial charge in [0.25, 0.3) is 5.91 Å². The molecule has 2 aliphatic heterocycles. The Morgan fingerprint density at radius 2 is 1.94 bits per heavy atom. The number of nitrogens with one attached hydrogen (secondary N) is 1. The zero-order chi connectivity index (χ0) is 21.5. The fourth-order valence-corrected chi connectivity index (χ4v) is 4.60. The number of benzene rings is 2. The van der Waals surface area contributed by atoms with E-state index in [9.17, 15) is 14.0 Å². The molecule has 1 aromatic heterocycles. The number of ether oxygens (including phenoxy) is 1. The SMILES string of the molecule is C[C@@H](Oc1ccc2c(-c3cccc(F)c3)cc(=O)oc2c1)C(=O)N1CC2CCC(C1)N2. The lowest BCUT2D eigenvalue weighted by Crippen LogP contribution is -2.55. The fourth-order valence-electron chi connectivity index (χ4n) is 4.60. The van der Waals surface area contributed by atoms with Gasteiger partial charge in [-0.05, 0) is 55.2 Å². The van der Waals surface area contributed by atoms with E-state index in [0.29, 0.717) is 53.0 Å². The number of carbonyl (C=O) groups excluding carboxylic acids is 1. The molecule has 31 heavy (non-hydrogen) atoms. The van der Waals surface area contributed by atoms with E-state index in [1.807, 2.05) is 4.90 Å². The Balaban J connectivity index is 1.40. The van der Waals surface area contributed by atoms with Crippen molar-refractivity contribution in [2.24, 2.45) is 0 Å². The van der Waals surface area contributed by atoms with Crippen molar-refractivity contribution in [3.05, 3.63) is 64.8 Å². The number of hydrogen-bond donors (Lipinski definition) is 1. The molecule has 2 aromatic carbocycles. The molecule has 3 heterocycles. The second-order valence-electron chi connectivity index (χ2n) is 8.29. The van der Waals surface area contributed by atoms with Gasteiger partial charge in [0.2, 0.25) is 0 Å². The molecule has 3 atom stereocenters. The number of piperazine rings is 1. The number of nitrogens with zero attached hydrogens (tertiary/aromatic N) is 1. The molecule has 2 saturated heterocycles. The van der Waals surface area contributed by atoms with Gasteiger partial charge in [-0.25, -0.2) is 9.18 Å². The molecule has 0 radical (unpaired) electrons. The minimum atomic E-state index is -0.659. The molecule has 2 aliphatic rings. The van der Waals surface area contributed by atoms with E-state index in [1.54, 1.807) is 37.3 Å². The number of amides is 1. The van der Waals surface area contributed by atoms with E-state index in [1.165, 1.54) is 18.2 Å². The van der Waals surface area contributed by atoms with Gasteiger partial charge in [0.1, 0.15) is 17.1 Å². The Kier molecular flexibility index (Phi) is 4.98. The first kappa shape index (κ1) is 19.8. The molecular formula is C24H23FN2O4. The number of halogens is 1. The summed E-state index contributed by atoms with van der Waals surface area (Å²) < 4.78 is 24.9. The van der Waals surface area contributed by atoms with E-state index in [4.69, 9.17) is 9.15 Å². The minimum Gasteiger partial charge on any atom is -0.481 e. The van der Waals surface area contributed by atoms with Crippen molar-refractivity contribution < 1.29 is 18.3 Å². The summed E-state index contributed by atoms with van der Waals surface area (Å²) in [6, 6.07) is 13.2. The average molecular weight is 422 g/mol. The Labute approximate surface area is 178 Å². The largest absolute Gasteiger partial charge is 0.481 e. The van der Waals surface area contributed by atoms with E-state index in [2.05, 4.69) is 5.32 Å². The summed E-state index contributed by atoms with van der Waals surface area (Å²) in [4.78, 5) is 26.9. The normalized spacial score (nSPS) is 21.3. The van der Waals surface area contributed by atoms with Crippen LogP contribution in [0.3, 0.4) is 0 Å². The highest BCUT2D eigenvalue weighted by Gasteiger charge is 2.36. The monoisotopic (exact) mass is 422 g/mol. The highest BCUT2D eigenvalue weighted by Crippen LogP contribution is 2.30. The molecule has 1 N–H and O–H groups in total. The average Bonchev–Trinajstić information content (AvgIpc) is 3.09. The lowest BCUT2D eigenvalue weighted by molar-refractivity contribution is -0.139. The van der Waals surface area contributed by atoms with Gasteiger partial charge in [-0.3, -0.25) is 4.79 Å². The molecule has 2 fully saturated rings.